The van der Waals surface area contributed by atoms with Gasteiger partial charge in [0.05, 0.1) is 18.1 Å². The molecule has 8 heteroatoms. The summed E-state index contributed by atoms with van der Waals surface area (Å²) in [5.74, 6) is -0.169. The Kier molecular flexibility index (Phi) is 4.85. The number of nitrogens with one attached hydrogen (secondary N) is 1. The van der Waals surface area contributed by atoms with E-state index in [-0.39, 0.29) is 11.5 Å². The number of nitrogens with zero attached hydrogens (tertiary/aromatic N) is 1. The number of carbonyl (C=O) groups excluding carboxylic acids is 1. The van der Waals surface area contributed by atoms with Gasteiger partial charge < -0.3 is 14.8 Å². The lowest BCUT2D eigenvalue weighted by Gasteiger charge is -2.10. The van der Waals surface area contributed by atoms with Crippen LogP contribution in [-0.2, 0) is 4.79 Å². The molecule has 1 aromatic carbocycles. The van der Waals surface area contributed by atoms with E-state index in [4.69, 9.17) is 4.74 Å². The Hall–Kier alpha value is -3.03. The van der Waals surface area contributed by atoms with Gasteiger partial charge in [-0.2, -0.15) is 0 Å². The highest BCUT2D eigenvalue weighted by molar-refractivity contribution is 5.98. The molecule has 5 nitrogen and oxygen atoms in total. The maximum Gasteiger partial charge on any atom is 0.573 e. The molecule has 0 aliphatic heterocycles. The molecule has 0 bridgehead atoms. The first-order chi connectivity index (χ1) is 10.9. The van der Waals surface area contributed by atoms with Crippen molar-refractivity contribution in [2.45, 2.75) is 6.36 Å². The number of pyridine rings is 1. The number of alkyl halides is 3. The predicted octanol–water partition coefficient (Wildman–Crippen LogP) is 3.90. The third kappa shape index (κ3) is 5.34. The number of halogens is 3. The zero-order valence-corrected chi connectivity index (χ0v) is 11.6. The standard InChI is InChI=1S/C15H11F3N2O3/c1-2-14(21)20-10-7-13(9-19-8-10)22-11-3-5-12(6-4-11)23-15(16,17)18/h2-9H,1H2,(H,20,21). The first-order valence-electron chi connectivity index (χ1n) is 6.28. The van der Waals surface area contributed by atoms with E-state index in [2.05, 4.69) is 21.6 Å². The van der Waals surface area contributed by atoms with Gasteiger partial charge in [0.25, 0.3) is 0 Å². The van der Waals surface area contributed by atoms with Gasteiger partial charge in [0.2, 0.25) is 5.91 Å². The van der Waals surface area contributed by atoms with Gasteiger partial charge in [-0.05, 0) is 30.3 Å². The molecule has 0 atom stereocenters. The molecule has 1 amide bonds. The number of ether oxygens (including phenoxy) is 2. The zero-order chi connectivity index (χ0) is 16.9. The average Bonchev–Trinajstić information content (AvgIpc) is 2.48. The topological polar surface area (TPSA) is 60.5 Å². The molecular weight excluding hydrogens is 313 g/mol. The number of hydrogen-bond donors (Lipinski definition) is 1. The van der Waals surface area contributed by atoms with E-state index in [1.54, 1.807) is 0 Å². The van der Waals surface area contributed by atoms with Crippen LogP contribution in [0.25, 0.3) is 0 Å². The summed E-state index contributed by atoms with van der Waals surface area (Å²) in [6.07, 6.45) is -0.838. The maximum atomic E-state index is 12.1. The molecule has 1 heterocycles. The van der Waals surface area contributed by atoms with Crippen LogP contribution in [0.3, 0.4) is 0 Å². The average molecular weight is 324 g/mol. The number of benzene rings is 1. The number of carbonyl (C=O) groups is 1. The summed E-state index contributed by atoms with van der Waals surface area (Å²) in [7, 11) is 0. The van der Waals surface area contributed by atoms with E-state index in [0.29, 0.717) is 11.4 Å². The lowest BCUT2D eigenvalue weighted by Crippen LogP contribution is -2.16. The molecule has 0 saturated heterocycles. The lowest BCUT2D eigenvalue weighted by molar-refractivity contribution is -0.274. The molecule has 1 N–H and O–H groups in total. The lowest BCUT2D eigenvalue weighted by atomic mass is 10.3. The van der Waals surface area contributed by atoms with E-state index in [0.717, 1.165) is 18.2 Å². The minimum atomic E-state index is -4.75. The molecule has 0 aliphatic carbocycles. The van der Waals surface area contributed by atoms with E-state index in [1.165, 1.54) is 30.6 Å². The van der Waals surface area contributed by atoms with Crippen LogP contribution < -0.4 is 14.8 Å². The van der Waals surface area contributed by atoms with Crippen LogP contribution in [-0.4, -0.2) is 17.3 Å². The molecule has 23 heavy (non-hydrogen) atoms. The van der Waals surface area contributed by atoms with Gasteiger partial charge in [-0.3, -0.25) is 9.78 Å². The van der Waals surface area contributed by atoms with E-state index >= 15 is 0 Å². The Bertz CT molecular complexity index is 700. The minimum absolute atomic E-state index is 0.286. The largest absolute Gasteiger partial charge is 0.573 e. The zero-order valence-electron chi connectivity index (χ0n) is 11.6. The fourth-order valence-corrected chi connectivity index (χ4v) is 1.58. The third-order valence-corrected chi connectivity index (χ3v) is 2.46. The van der Waals surface area contributed by atoms with Gasteiger partial charge in [0, 0.05) is 6.07 Å². The van der Waals surface area contributed by atoms with Crippen molar-refractivity contribution in [3.63, 3.8) is 0 Å². The smallest absolute Gasteiger partial charge is 0.456 e. The number of rotatable bonds is 5. The predicted molar refractivity (Wildman–Crippen MR) is 76.3 cm³/mol. The highest BCUT2D eigenvalue weighted by Crippen LogP contribution is 2.27. The highest BCUT2D eigenvalue weighted by Gasteiger charge is 2.30. The quantitative estimate of drug-likeness (QED) is 0.848. The van der Waals surface area contributed by atoms with Crippen molar-refractivity contribution in [1.82, 2.24) is 4.98 Å². The molecule has 0 aliphatic rings. The second-order valence-electron chi connectivity index (χ2n) is 4.22. The van der Waals surface area contributed by atoms with Crippen LogP contribution in [0.15, 0.2) is 55.4 Å². The van der Waals surface area contributed by atoms with Gasteiger partial charge in [-0.1, -0.05) is 6.58 Å². The Labute approximate surface area is 129 Å². The second kappa shape index (κ2) is 6.82. The van der Waals surface area contributed by atoms with Gasteiger partial charge in [0.15, 0.2) is 0 Å². The summed E-state index contributed by atoms with van der Waals surface area (Å²) in [4.78, 5) is 15.1. The summed E-state index contributed by atoms with van der Waals surface area (Å²) >= 11 is 0. The van der Waals surface area contributed by atoms with E-state index in [1.807, 2.05) is 0 Å². The summed E-state index contributed by atoms with van der Waals surface area (Å²) in [6, 6.07) is 6.39. The van der Waals surface area contributed by atoms with Crippen molar-refractivity contribution in [2.24, 2.45) is 0 Å². The molecule has 0 radical (unpaired) electrons. The minimum Gasteiger partial charge on any atom is -0.456 e. The van der Waals surface area contributed by atoms with Gasteiger partial charge in [-0.25, -0.2) is 0 Å². The molecule has 2 aromatic rings. The van der Waals surface area contributed by atoms with Crippen LogP contribution in [0.1, 0.15) is 0 Å². The Balaban J connectivity index is 2.06. The van der Waals surface area contributed by atoms with Gasteiger partial charge >= 0.3 is 6.36 Å². The van der Waals surface area contributed by atoms with Crippen LogP contribution in [0, 0.1) is 0 Å². The Morgan fingerprint density at radius 2 is 1.78 bits per heavy atom. The fourth-order valence-electron chi connectivity index (χ4n) is 1.58. The van der Waals surface area contributed by atoms with Crippen molar-refractivity contribution >= 4 is 11.6 Å². The molecule has 120 valence electrons. The molecule has 0 fully saturated rings. The maximum absolute atomic E-state index is 12.1. The van der Waals surface area contributed by atoms with Crippen molar-refractivity contribution in [3.8, 4) is 17.2 Å². The SMILES string of the molecule is C=CC(=O)Nc1cncc(Oc2ccc(OC(F)(F)F)cc2)c1. The van der Waals surface area contributed by atoms with Gasteiger partial charge in [-0.15, -0.1) is 13.2 Å². The van der Waals surface area contributed by atoms with Crippen molar-refractivity contribution in [2.75, 3.05) is 5.32 Å². The molecule has 2 rings (SSSR count). The van der Waals surface area contributed by atoms with Crippen molar-refractivity contribution in [3.05, 3.63) is 55.4 Å². The molecular formula is C15H11F3N2O3. The van der Waals surface area contributed by atoms with E-state index in [9.17, 15) is 18.0 Å². The molecule has 0 saturated carbocycles. The third-order valence-electron chi connectivity index (χ3n) is 2.46. The first-order valence-corrected chi connectivity index (χ1v) is 6.28. The number of aromatic nitrogens is 1. The van der Waals surface area contributed by atoms with Gasteiger partial charge in [0.1, 0.15) is 17.2 Å². The summed E-state index contributed by atoms with van der Waals surface area (Å²) in [6.45, 7) is 3.32. The fraction of sp³-hybridized carbons (Fsp3) is 0.0667. The number of amides is 1. The molecule has 1 aromatic heterocycles. The summed E-state index contributed by atoms with van der Waals surface area (Å²) in [5.41, 5.74) is 0.393. The van der Waals surface area contributed by atoms with Crippen LogP contribution in [0.4, 0.5) is 18.9 Å². The highest BCUT2D eigenvalue weighted by atomic mass is 19.4. The molecule has 0 spiro atoms. The second-order valence-corrected chi connectivity index (χ2v) is 4.22. The Morgan fingerprint density at radius 3 is 2.39 bits per heavy atom. The summed E-state index contributed by atoms with van der Waals surface area (Å²) < 4.78 is 45.4. The Morgan fingerprint density at radius 1 is 1.13 bits per heavy atom. The monoisotopic (exact) mass is 324 g/mol. The normalized spacial score (nSPS) is 10.7. The first kappa shape index (κ1) is 16.3. The van der Waals surface area contributed by atoms with Crippen molar-refractivity contribution in [1.29, 1.82) is 0 Å². The van der Waals surface area contributed by atoms with E-state index < -0.39 is 12.3 Å². The van der Waals surface area contributed by atoms with Crippen LogP contribution in [0.5, 0.6) is 17.2 Å². The van der Waals surface area contributed by atoms with Crippen LogP contribution >= 0.6 is 0 Å². The molecule has 0 unspecified atom stereocenters. The number of anilines is 1. The van der Waals surface area contributed by atoms with Crippen molar-refractivity contribution < 1.29 is 27.4 Å². The van der Waals surface area contributed by atoms with Crippen LogP contribution in [0.2, 0.25) is 0 Å². The number of hydrogen-bond acceptors (Lipinski definition) is 4. The summed E-state index contributed by atoms with van der Waals surface area (Å²) in [5, 5.41) is 2.51.